The number of guanidine groups is 1. The Balaban J connectivity index is 0.00000261. The summed E-state index contributed by atoms with van der Waals surface area (Å²) in [5.74, 6) is 2.61. The maximum atomic E-state index is 5.68. The molecule has 0 aliphatic heterocycles. The van der Waals surface area contributed by atoms with Gasteiger partial charge in [0.05, 0.1) is 11.7 Å². The zero-order valence-corrected chi connectivity index (χ0v) is 18.7. The molecule has 0 saturated carbocycles. The molecule has 27 heavy (non-hydrogen) atoms. The van der Waals surface area contributed by atoms with E-state index in [2.05, 4.69) is 53.1 Å². The first-order chi connectivity index (χ1) is 12.6. The second-order valence-electron chi connectivity index (χ2n) is 6.48. The Hall–Kier alpha value is -2.03. The summed E-state index contributed by atoms with van der Waals surface area (Å²) in [6.07, 6.45) is 4.90. The van der Waals surface area contributed by atoms with Crippen molar-refractivity contribution in [2.45, 2.75) is 40.2 Å². The molecule has 3 heterocycles. The molecule has 3 aromatic heterocycles. The van der Waals surface area contributed by atoms with E-state index in [1.807, 2.05) is 31.3 Å². The largest absolute Gasteiger partial charge is 0.464 e. The minimum absolute atomic E-state index is 0. The highest BCUT2D eigenvalue weighted by Crippen LogP contribution is 2.15. The summed E-state index contributed by atoms with van der Waals surface area (Å²) >= 11 is 0. The lowest BCUT2D eigenvalue weighted by Crippen LogP contribution is -2.38. The van der Waals surface area contributed by atoms with Gasteiger partial charge in [0.2, 0.25) is 0 Å². The summed E-state index contributed by atoms with van der Waals surface area (Å²) in [7, 11) is 0. The van der Waals surface area contributed by atoms with Gasteiger partial charge in [-0.3, -0.25) is 4.99 Å². The van der Waals surface area contributed by atoms with Crippen molar-refractivity contribution in [1.29, 1.82) is 0 Å². The van der Waals surface area contributed by atoms with Gasteiger partial charge in [-0.05, 0) is 51.5 Å². The molecular weight excluding hydrogens is 453 g/mol. The first-order valence-corrected chi connectivity index (χ1v) is 9.11. The van der Waals surface area contributed by atoms with Gasteiger partial charge in [-0.15, -0.1) is 24.0 Å². The molecule has 0 bridgehead atoms. The van der Waals surface area contributed by atoms with E-state index in [1.54, 1.807) is 0 Å². The molecule has 0 aromatic carbocycles. The van der Waals surface area contributed by atoms with Crippen molar-refractivity contribution >= 4 is 35.6 Å². The number of imidazole rings is 1. The highest BCUT2D eigenvalue weighted by atomic mass is 127. The van der Waals surface area contributed by atoms with Gasteiger partial charge < -0.3 is 19.5 Å². The smallest absolute Gasteiger partial charge is 0.191 e. The third kappa shape index (κ3) is 5.47. The standard InChI is InChI=1S/C20H27N5O.HI/c1-5-21-20(23-16(4)18-9-8-15(3)26-18)22-11-10-17-13-25-12-6-7-14(2)19(25)24-17;/h6-9,12-13,16H,5,10-11H2,1-4H3,(H2,21,22,23);1H. The van der Waals surface area contributed by atoms with Crippen molar-refractivity contribution < 1.29 is 4.42 Å². The lowest BCUT2D eigenvalue weighted by molar-refractivity contribution is 0.441. The molecule has 1 unspecified atom stereocenters. The van der Waals surface area contributed by atoms with Crippen LogP contribution in [0.4, 0.5) is 0 Å². The lowest BCUT2D eigenvalue weighted by Gasteiger charge is -2.16. The average Bonchev–Trinajstić information content (AvgIpc) is 3.22. The van der Waals surface area contributed by atoms with Crippen molar-refractivity contribution in [3.63, 3.8) is 0 Å². The molecule has 0 spiro atoms. The van der Waals surface area contributed by atoms with E-state index in [4.69, 9.17) is 9.40 Å². The SMILES string of the molecule is CCNC(=NCCc1cn2cccc(C)c2n1)NC(C)c1ccc(C)o1.I. The average molecular weight is 481 g/mol. The van der Waals surface area contributed by atoms with Crippen molar-refractivity contribution in [3.8, 4) is 0 Å². The van der Waals surface area contributed by atoms with Gasteiger partial charge in [0.1, 0.15) is 17.2 Å². The number of aliphatic imine (C=N–C) groups is 1. The molecule has 3 rings (SSSR count). The van der Waals surface area contributed by atoms with E-state index in [9.17, 15) is 0 Å². The van der Waals surface area contributed by atoms with Gasteiger partial charge in [-0.2, -0.15) is 0 Å². The molecule has 146 valence electrons. The molecule has 0 fully saturated rings. The molecule has 2 N–H and O–H groups in total. The van der Waals surface area contributed by atoms with Gasteiger partial charge in [-0.1, -0.05) is 6.07 Å². The second-order valence-corrected chi connectivity index (χ2v) is 6.48. The highest BCUT2D eigenvalue weighted by molar-refractivity contribution is 14.0. The zero-order valence-electron chi connectivity index (χ0n) is 16.3. The van der Waals surface area contributed by atoms with Gasteiger partial charge >= 0.3 is 0 Å². The van der Waals surface area contributed by atoms with Crippen molar-refractivity contribution in [2.75, 3.05) is 13.1 Å². The predicted octanol–water partition coefficient (Wildman–Crippen LogP) is 4.02. The molecule has 0 amide bonds. The summed E-state index contributed by atoms with van der Waals surface area (Å²) in [6.45, 7) is 9.63. The van der Waals surface area contributed by atoms with Crippen molar-refractivity contribution in [3.05, 3.63) is 59.4 Å². The highest BCUT2D eigenvalue weighted by Gasteiger charge is 2.11. The monoisotopic (exact) mass is 481 g/mol. The number of aryl methyl sites for hydroxylation is 2. The normalized spacial score (nSPS) is 12.7. The maximum Gasteiger partial charge on any atom is 0.191 e. The van der Waals surface area contributed by atoms with Crippen LogP contribution in [0.2, 0.25) is 0 Å². The molecule has 1 atom stereocenters. The van der Waals surface area contributed by atoms with E-state index in [0.717, 1.165) is 41.8 Å². The Morgan fingerprint density at radius 3 is 2.78 bits per heavy atom. The van der Waals surface area contributed by atoms with Crippen LogP contribution >= 0.6 is 24.0 Å². The van der Waals surface area contributed by atoms with E-state index in [-0.39, 0.29) is 30.0 Å². The fraction of sp³-hybridized carbons (Fsp3) is 0.400. The number of hydrogen-bond donors (Lipinski definition) is 2. The summed E-state index contributed by atoms with van der Waals surface area (Å²) in [4.78, 5) is 9.38. The minimum atomic E-state index is 0. The molecule has 0 radical (unpaired) electrons. The summed E-state index contributed by atoms with van der Waals surface area (Å²) in [6, 6.07) is 8.14. The Morgan fingerprint density at radius 1 is 1.30 bits per heavy atom. The molecule has 0 saturated heterocycles. The van der Waals surface area contributed by atoms with E-state index in [1.165, 1.54) is 5.56 Å². The van der Waals surface area contributed by atoms with Gasteiger partial charge in [0.15, 0.2) is 5.96 Å². The third-order valence-corrected chi connectivity index (χ3v) is 4.25. The van der Waals surface area contributed by atoms with Crippen LogP contribution in [0.1, 0.15) is 42.7 Å². The van der Waals surface area contributed by atoms with Crippen LogP contribution in [0.15, 0.2) is 46.1 Å². The zero-order chi connectivity index (χ0) is 18.5. The topological polar surface area (TPSA) is 66.9 Å². The molecule has 0 aliphatic rings. The van der Waals surface area contributed by atoms with E-state index < -0.39 is 0 Å². The first-order valence-electron chi connectivity index (χ1n) is 9.11. The van der Waals surface area contributed by atoms with Crippen LogP contribution in [0.25, 0.3) is 5.65 Å². The molecule has 7 heteroatoms. The predicted molar refractivity (Wildman–Crippen MR) is 120 cm³/mol. The van der Waals surface area contributed by atoms with E-state index >= 15 is 0 Å². The third-order valence-electron chi connectivity index (χ3n) is 4.25. The Kier molecular flexibility index (Phi) is 7.70. The number of aromatic nitrogens is 2. The molecular formula is C20H28IN5O. The summed E-state index contributed by atoms with van der Waals surface area (Å²) in [5.41, 5.74) is 3.24. The number of furan rings is 1. The fourth-order valence-electron chi connectivity index (χ4n) is 2.89. The number of pyridine rings is 1. The second kappa shape index (κ2) is 9.77. The quantitative estimate of drug-likeness (QED) is 0.317. The number of nitrogens with one attached hydrogen (secondary N) is 2. The number of fused-ring (bicyclic) bond motifs is 1. The van der Waals surface area contributed by atoms with Crippen LogP contribution in [0, 0.1) is 13.8 Å². The number of rotatable bonds is 6. The van der Waals surface area contributed by atoms with Gasteiger partial charge in [0, 0.05) is 31.9 Å². The van der Waals surface area contributed by atoms with Crippen molar-refractivity contribution in [2.24, 2.45) is 4.99 Å². The van der Waals surface area contributed by atoms with E-state index in [0.29, 0.717) is 6.54 Å². The number of nitrogens with zero attached hydrogens (tertiary/aromatic N) is 3. The van der Waals surface area contributed by atoms with Gasteiger partial charge in [0.25, 0.3) is 0 Å². The Morgan fingerprint density at radius 2 is 2.11 bits per heavy atom. The minimum Gasteiger partial charge on any atom is -0.464 e. The summed E-state index contributed by atoms with van der Waals surface area (Å²) < 4.78 is 7.75. The summed E-state index contributed by atoms with van der Waals surface area (Å²) in [5, 5.41) is 6.67. The van der Waals surface area contributed by atoms with Gasteiger partial charge in [-0.25, -0.2) is 4.98 Å². The maximum absolute atomic E-state index is 5.68. The first kappa shape index (κ1) is 21.3. The molecule has 3 aromatic rings. The molecule has 6 nitrogen and oxygen atoms in total. The van der Waals surface area contributed by atoms with Crippen LogP contribution in [0.3, 0.4) is 0 Å². The Bertz CT molecular complexity index is 899. The van der Waals surface area contributed by atoms with Crippen LogP contribution in [-0.2, 0) is 6.42 Å². The Labute approximate surface area is 177 Å². The number of hydrogen-bond acceptors (Lipinski definition) is 3. The van der Waals surface area contributed by atoms with Crippen molar-refractivity contribution in [1.82, 2.24) is 20.0 Å². The van der Waals surface area contributed by atoms with Crippen LogP contribution in [0.5, 0.6) is 0 Å². The lowest BCUT2D eigenvalue weighted by atomic mass is 10.2. The fourth-order valence-corrected chi connectivity index (χ4v) is 2.89. The van der Waals surface area contributed by atoms with Crippen LogP contribution in [-0.4, -0.2) is 28.4 Å². The number of halogens is 1. The van der Waals surface area contributed by atoms with Crippen LogP contribution < -0.4 is 10.6 Å². The molecule has 0 aliphatic carbocycles.